The Balaban J connectivity index is 1.95. The maximum Gasteiger partial charge on any atom is 0.0758 e. The van der Waals surface area contributed by atoms with Crippen LogP contribution in [0.5, 0.6) is 0 Å². The molecule has 1 aromatic heterocycles. The molecule has 0 radical (unpaired) electrons. The number of rotatable bonds is 3. The van der Waals surface area contributed by atoms with Gasteiger partial charge >= 0.3 is 0 Å². The van der Waals surface area contributed by atoms with E-state index in [1.165, 1.54) is 16.3 Å². The van der Waals surface area contributed by atoms with Crippen LogP contribution in [-0.4, -0.2) is 0 Å². The molecule has 0 aliphatic rings. The number of benzene rings is 2. The molecule has 102 valence electrons. The highest BCUT2D eigenvalue weighted by molar-refractivity contribution is 9.12. The summed E-state index contributed by atoms with van der Waals surface area (Å²) in [7, 11) is 0. The van der Waals surface area contributed by atoms with Crippen LogP contribution in [0.25, 0.3) is 10.8 Å². The summed E-state index contributed by atoms with van der Waals surface area (Å²) in [5, 5.41) is 2.55. The Hall–Kier alpha value is -0.680. The first-order valence-electron chi connectivity index (χ1n) is 6.32. The third-order valence-electron chi connectivity index (χ3n) is 3.40. The summed E-state index contributed by atoms with van der Waals surface area (Å²) in [4.78, 5) is 0. The van der Waals surface area contributed by atoms with Gasteiger partial charge in [-0.05, 0) is 66.2 Å². The van der Waals surface area contributed by atoms with Crippen molar-refractivity contribution in [2.45, 2.75) is 12.5 Å². The number of thiophene rings is 1. The lowest BCUT2D eigenvalue weighted by atomic mass is 9.97. The number of halogens is 2. The van der Waals surface area contributed by atoms with Crippen LogP contribution in [0.15, 0.2) is 56.1 Å². The van der Waals surface area contributed by atoms with Gasteiger partial charge in [-0.2, -0.15) is 0 Å². The van der Waals surface area contributed by atoms with Crippen LogP contribution in [0, 0.1) is 0 Å². The molecule has 4 heteroatoms. The molecule has 0 amide bonds. The molecule has 2 N–H and O–H groups in total. The third-order valence-corrected chi connectivity index (χ3v) is 5.79. The molecule has 1 heterocycles. The average Bonchev–Trinajstić information content (AvgIpc) is 2.78. The molecule has 20 heavy (non-hydrogen) atoms. The first kappa shape index (κ1) is 14.3. The normalized spacial score (nSPS) is 12.8. The summed E-state index contributed by atoms with van der Waals surface area (Å²) in [5.74, 6) is 0. The predicted octanol–water partition coefficient (Wildman–Crippen LogP) is 5.67. The Bertz CT molecular complexity index is 746. The van der Waals surface area contributed by atoms with Crippen LogP contribution in [-0.2, 0) is 6.42 Å². The Morgan fingerprint density at radius 3 is 2.55 bits per heavy atom. The van der Waals surface area contributed by atoms with E-state index in [0.717, 1.165) is 19.6 Å². The van der Waals surface area contributed by atoms with Crippen molar-refractivity contribution < 1.29 is 0 Å². The highest BCUT2D eigenvalue weighted by atomic mass is 79.9. The van der Waals surface area contributed by atoms with Gasteiger partial charge in [-0.25, -0.2) is 0 Å². The van der Waals surface area contributed by atoms with Gasteiger partial charge in [0, 0.05) is 6.04 Å². The molecule has 2 aromatic carbocycles. The molecule has 0 saturated heterocycles. The van der Waals surface area contributed by atoms with Crippen molar-refractivity contribution in [3.05, 3.63) is 67.2 Å². The SMILES string of the molecule is NC(Cc1cccc2ccccc12)c1cc(Br)sc1Br. The van der Waals surface area contributed by atoms with E-state index in [1.54, 1.807) is 11.3 Å². The molecule has 3 rings (SSSR count). The number of nitrogens with two attached hydrogens (primary N) is 1. The minimum atomic E-state index is -0.00210. The van der Waals surface area contributed by atoms with Gasteiger partial charge in [0.2, 0.25) is 0 Å². The van der Waals surface area contributed by atoms with Crippen molar-refractivity contribution >= 4 is 54.0 Å². The van der Waals surface area contributed by atoms with Crippen LogP contribution < -0.4 is 5.73 Å². The molecule has 1 unspecified atom stereocenters. The van der Waals surface area contributed by atoms with E-state index in [4.69, 9.17) is 5.73 Å². The monoisotopic (exact) mass is 409 g/mol. The third kappa shape index (κ3) is 2.84. The molecule has 0 aliphatic heterocycles. The second kappa shape index (κ2) is 5.98. The molecular weight excluding hydrogens is 398 g/mol. The fourth-order valence-electron chi connectivity index (χ4n) is 2.42. The van der Waals surface area contributed by atoms with Gasteiger partial charge in [0.05, 0.1) is 7.57 Å². The zero-order valence-electron chi connectivity index (χ0n) is 10.6. The maximum absolute atomic E-state index is 6.39. The number of hydrogen-bond donors (Lipinski definition) is 1. The van der Waals surface area contributed by atoms with Crippen molar-refractivity contribution in [3.8, 4) is 0 Å². The van der Waals surface area contributed by atoms with Crippen LogP contribution in [0.3, 0.4) is 0 Å². The summed E-state index contributed by atoms with van der Waals surface area (Å²) in [5.41, 5.74) is 8.85. The second-order valence-corrected chi connectivity index (χ2v) is 8.48. The quantitative estimate of drug-likeness (QED) is 0.591. The minimum Gasteiger partial charge on any atom is -0.324 e. The van der Waals surface area contributed by atoms with E-state index in [-0.39, 0.29) is 6.04 Å². The lowest BCUT2D eigenvalue weighted by molar-refractivity contribution is 0.725. The zero-order chi connectivity index (χ0) is 14.1. The standard InChI is InChI=1S/C16H13Br2NS/c17-15-9-13(16(18)20-15)14(19)8-11-6-3-5-10-4-1-2-7-12(10)11/h1-7,9,14H,8,19H2. The molecule has 0 spiro atoms. The predicted molar refractivity (Wildman–Crippen MR) is 94.3 cm³/mol. The highest BCUT2D eigenvalue weighted by Crippen LogP contribution is 2.36. The molecule has 1 atom stereocenters. The van der Waals surface area contributed by atoms with Gasteiger partial charge in [0.1, 0.15) is 0 Å². The second-order valence-electron chi connectivity index (χ2n) is 4.73. The summed E-state index contributed by atoms with van der Waals surface area (Å²) in [6, 6.07) is 17.0. The Morgan fingerprint density at radius 2 is 1.80 bits per heavy atom. The van der Waals surface area contributed by atoms with Crippen molar-refractivity contribution in [3.63, 3.8) is 0 Å². The minimum absolute atomic E-state index is 0.00210. The van der Waals surface area contributed by atoms with Gasteiger partial charge in [0.15, 0.2) is 0 Å². The topological polar surface area (TPSA) is 26.0 Å². The Morgan fingerprint density at radius 1 is 1.05 bits per heavy atom. The number of fused-ring (bicyclic) bond motifs is 1. The maximum atomic E-state index is 6.39. The van der Waals surface area contributed by atoms with Gasteiger partial charge in [-0.15, -0.1) is 11.3 Å². The summed E-state index contributed by atoms with van der Waals surface area (Å²) >= 11 is 8.76. The average molecular weight is 411 g/mol. The Kier molecular flexibility index (Phi) is 4.26. The first-order chi connectivity index (χ1) is 9.65. The molecule has 0 saturated carbocycles. The van der Waals surface area contributed by atoms with Crippen LogP contribution in [0.2, 0.25) is 0 Å². The summed E-state index contributed by atoms with van der Waals surface area (Å²) < 4.78 is 2.21. The van der Waals surface area contributed by atoms with E-state index in [0.29, 0.717) is 0 Å². The first-order valence-corrected chi connectivity index (χ1v) is 8.72. The lowest BCUT2D eigenvalue weighted by Crippen LogP contribution is -2.13. The van der Waals surface area contributed by atoms with Gasteiger partial charge < -0.3 is 5.73 Å². The fraction of sp³-hybridized carbons (Fsp3) is 0.125. The largest absolute Gasteiger partial charge is 0.324 e. The van der Waals surface area contributed by atoms with Crippen molar-refractivity contribution in [1.82, 2.24) is 0 Å². The van der Waals surface area contributed by atoms with Crippen molar-refractivity contribution in [2.75, 3.05) is 0 Å². The zero-order valence-corrected chi connectivity index (χ0v) is 14.6. The van der Waals surface area contributed by atoms with E-state index >= 15 is 0 Å². The number of hydrogen-bond acceptors (Lipinski definition) is 2. The van der Waals surface area contributed by atoms with E-state index in [1.807, 2.05) is 0 Å². The molecule has 0 aliphatic carbocycles. The lowest BCUT2D eigenvalue weighted by Gasteiger charge is -2.13. The van der Waals surface area contributed by atoms with Crippen molar-refractivity contribution in [1.29, 1.82) is 0 Å². The van der Waals surface area contributed by atoms with E-state index in [2.05, 4.69) is 80.4 Å². The molecule has 0 bridgehead atoms. The van der Waals surface area contributed by atoms with E-state index in [9.17, 15) is 0 Å². The van der Waals surface area contributed by atoms with E-state index < -0.39 is 0 Å². The highest BCUT2D eigenvalue weighted by Gasteiger charge is 2.15. The van der Waals surface area contributed by atoms with Crippen LogP contribution in [0.1, 0.15) is 17.2 Å². The smallest absolute Gasteiger partial charge is 0.0758 e. The van der Waals surface area contributed by atoms with Crippen LogP contribution in [0.4, 0.5) is 0 Å². The van der Waals surface area contributed by atoms with Crippen LogP contribution >= 0.6 is 43.2 Å². The van der Waals surface area contributed by atoms with Crippen molar-refractivity contribution in [2.24, 2.45) is 5.73 Å². The fourth-order valence-corrected chi connectivity index (χ4v) is 5.42. The summed E-state index contributed by atoms with van der Waals surface area (Å²) in [6.45, 7) is 0. The van der Waals surface area contributed by atoms with Gasteiger partial charge in [-0.3, -0.25) is 0 Å². The summed E-state index contributed by atoms with van der Waals surface area (Å²) in [6.07, 6.45) is 0.836. The molecule has 0 fully saturated rings. The molecule has 3 aromatic rings. The molecule has 1 nitrogen and oxygen atoms in total. The van der Waals surface area contributed by atoms with Gasteiger partial charge in [-0.1, -0.05) is 42.5 Å². The van der Waals surface area contributed by atoms with Gasteiger partial charge in [0.25, 0.3) is 0 Å². The Labute approximate surface area is 139 Å². The molecular formula is C16H13Br2NS.